The third kappa shape index (κ3) is 2.25. The fourth-order valence-corrected chi connectivity index (χ4v) is 0. The molecular formula is C2B4. The summed E-state index contributed by atoms with van der Waals surface area (Å²) in [4.78, 5) is 0. The minimum atomic E-state index is -0.0185. The monoisotopic (exact) mass is 68.0 g/mol. The van der Waals surface area contributed by atoms with Crippen molar-refractivity contribution in [3.05, 3.63) is 10.7 Å². The highest BCUT2D eigenvalue weighted by atomic mass is 13.5. The van der Waals surface area contributed by atoms with E-state index in [0.717, 1.165) is 0 Å². The third-order valence-corrected chi connectivity index (χ3v) is 0.333. The maximum absolute atomic E-state index is 4.84. The van der Waals surface area contributed by atoms with Crippen molar-refractivity contribution in [2.45, 2.75) is 0 Å². The van der Waals surface area contributed by atoms with Crippen molar-refractivity contribution < 1.29 is 0 Å². The lowest BCUT2D eigenvalue weighted by molar-refractivity contribution is 2.24. The zero-order valence-corrected chi connectivity index (χ0v) is 3.31. The summed E-state index contributed by atoms with van der Waals surface area (Å²) < 4.78 is 0. The second-order valence-corrected chi connectivity index (χ2v) is 0.911. The quantitative estimate of drug-likeness (QED) is 0.312. The van der Waals surface area contributed by atoms with E-state index in [-0.39, 0.29) is 10.7 Å². The second kappa shape index (κ2) is 2.22. The molecule has 0 atom stereocenters. The smallest absolute Gasteiger partial charge is 0.0899 e. The molecular weight excluding hydrogens is 67.3 g/mol. The lowest BCUT2D eigenvalue weighted by Gasteiger charge is -1.89. The lowest BCUT2D eigenvalue weighted by atomic mass is 9.62. The molecule has 0 bridgehead atoms. The molecule has 0 aromatic heterocycles. The van der Waals surface area contributed by atoms with E-state index in [9.17, 15) is 0 Å². The van der Waals surface area contributed by atoms with E-state index in [1.165, 1.54) is 0 Å². The Hall–Kier alpha value is -0.000260. The summed E-state index contributed by atoms with van der Waals surface area (Å²) in [5, 5.41) is -0.0370. The van der Waals surface area contributed by atoms with Crippen LogP contribution in [0, 0.1) is 0 Å². The molecule has 0 fully saturated rings. The first kappa shape index (κ1) is 6.00. The summed E-state index contributed by atoms with van der Waals surface area (Å²) in [6, 6.07) is 0. The van der Waals surface area contributed by atoms with Gasteiger partial charge in [-0.1, -0.05) is 0 Å². The van der Waals surface area contributed by atoms with Crippen LogP contribution in [0.3, 0.4) is 0 Å². The van der Waals surface area contributed by atoms with Crippen LogP contribution >= 0.6 is 0 Å². The van der Waals surface area contributed by atoms with Crippen LogP contribution in [0.15, 0.2) is 10.7 Å². The van der Waals surface area contributed by atoms with Gasteiger partial charge in [-0.05, 0) is 0 Å². The molecule has 0 rings (SSSR count). The highest BCUT2D eigenvalue weighted by Crippen LogP contribution is 1.79. The highest BCUT2D eigenvalue weighted by molar-refractivity contribution is 6.60. The van der Waals surface area contributed by atoms with Crippen molar-refractivity contribution in [2.24, 2.45) is 0 Å². The van der Waals surface area contributed by atoms with Gasteiger partial charge in [0.1, 0.15) is 0 Å². The maximum Gasteiger partial charge on any atom is 0.0899 e. The molecule has 0 nitrogen and oxygen atoms in total. The fraction of sp³-hybridized carbons (Fsp3) is 0. The van der Waals surface area contributed by atoms with Crippen molar-refractivity contribution >= 4 is 31.4 Å². The Balaban J connectivity index is 3.68. The molecule has 8 radical (unpaired) electrons. The summed E-state index contributed by atoms with van der Waals surface area (Å²) in [6.45, 7) is 0. The molecule has 0 N–H and O–H groups in total. The Labute approximate surface area is 43.0 Å². The molecule has 0 unspecified atom stereocenters. The second-order valence-electron chi connectivity index (χ2n) is 0.911. The average molecular weight is 67.3 g/mol. The van der Waals surface area contributed by atoms with Gasteiger partial charge in [-0.15, -0.1) is 0 Å². The summed E-state index contributed by atoms with van der Waals surface area (Å²) >= 11 is 0. The first-order valence-electron chi connectivity index (χ1n) is 1.40. The van der Waals surface area contributed by atoms with E-state index < -0.39 is 0 Å². The first-order valence-corrected chi connectivity index (χ1v) is 1.40. The molecule has 0 saturated carbocycles. The Kier molecular flexibility index (Phi) is 2.22. The van der Waals surface area contributed by atoms with Gasteiger partial charge in [0.15, 0.2) is 0 Å². The Bertz CT molecular complexity index is 55.6. The average Bonchev–Trinajstić information content (AvgIpc) is 1.36. The van der Waals surface area contributed by atoms with Crippen molar-refractivity contribution in [3.8, 4) is 0 Å². The first-order chi connectivity index (χ1) is 2.64. The molecule has 0 saturated heterocycles. The van der Waals surface area contributed by atoms with Crippen LogP contribution < -0.4 is 0 Å². The van der Waals surface area contributed by atoms with E-state index in [1.807, 2.05) is 0 Å². The van der Waals surface area contributed by atoms with Crippen LogP contribution in [0.5, 0.6) is 0 Å². The van der Waals surface area contributed by atoms with Crippen molar-refractivity contribution in [1.82, 2.24) is 0 Å². The normalized spacial score (nSPS) is 7.33. The van der Waals surface area contributed by atoms with Gasteiger partial charge >= 0.3 is 0 Å². The van der Waals surface area contributed by atoms with Gasteiger partial charge in [-0.25, -0.2) is 0 Å². The third-order valence-electron chi connectivity index (χ3n) is 0.333. The molecule has 20 valence electrons. The predicted octanol–water partition coefficient (Wildman–Crippen LogP) is -1.21. The van der Waals surface area contributed by atoms with Crippen molar-refractivity contribution in [3.63, 3.8) is 0 Å². The van der Waals surface area contributed by atoms with E-state index in [0.29, 0.717) is 0 Å². The predicted molar refractivity (Wildman–Crippen MR) is 30.0 cm³/mol. The summed E-state index contributed by atoms with van der Waals surface area (Å²) in [5.74, 6) is 0. The molecule has 0 aliphatic heterocycles. The van der Waals surface area contributed by atoms with Gasteiger partial charge in [0.05, 0.1) is 31.4 Å². The van der Waals surface area contributed by atoms with Crippen LogP contribution in [-0.4, -0.2) is 31.4 Å². The van der Waals surface area contributed by atoms with Gasteiger partial charge in [0, 0.05) is 0 Å². The zero-order valence-electron chi connectivity index (χ0n) is 3.31. The van der Waals surface area contributed by atoms with Crippen molar-refractivity contribution in [1.29, 1.82) is 0 Å². The molecule has 6 heavy (non-hydrogen) atoms. The summed E-state index contributed by atoms with van der Waals surface area (Å²) in [6.07, 6.45) is 0. The molecule has 0 aliphatic carbocycles. The van der Waals surface area contributed by atoms with Gasteiger partial charge in [-0.2, -0.15) is 10.7 Å². The molecule has 0 heterocycles. The van der Waals surface area contributed by atoms with Gasteiger partial charge < -0.3 is 0 Å². The van der Waals surface area contributed by atoms with E-state index in [1.54, 1.807) is 0 Å². The summed E-state index contributed by atoms with van der Waals surface area (Å²) in [7, 11) is 19.4. The standard InChI is InChI=1S/C2B4/c3-1(4)2(5)6. The maximum atomic E-state index is 4.84. The van der Waals surface area contributed by atoms with Gasteiger partial charge in [0.2, 0.25) is 0 Å². The van der Waals surface area contributed by atoms with Crippen LogP contribution in [0.1, 0.15) is 0 Å². The SMILES string of the molecule is [B]C([B])=C([B])[B]. The Morgan fingerprint density at radius 2 is 0.833 bits per heavy atom. The minimum absolute atomic E-state index is 0.0185. The molecule has 0 aromatic carbocycles. The largest absolute Gasteiger partial charge is 0.180 e. The molecule has 0 amide bonds. The minimum Gasteiger partial charge on any atom is -0.180 e. The van der Waals surface area contributed by atoms with Crippen LogP contribution in [0.25, 0.3) is 0 Å². The van der Waals surface area contributed by atoms with Gasteiger partial charge in [0.25, 0.3) is 0 Å². The number of hydrogen-bond donors (Lipinski definition) is 0. The Morgan fingerprint density at radius 1 is 0.667 bits per heavy atom. The molecule has 0 spiro atoms. The Morgan fingerprint density at radius 3 is 0.833 bits per heavy atom. The van der Waals surface area contributed by atoms with Crippen molar-refractivity contribution in [2.75, 3.05) is 0 Å². The van der Waals surface area contributed by atoms with E-state index in [2.05, 4.69) is 0 Å². The zero-order chi connectivity index (χ0) is 5.15. The van der Waals surface area contributed by atoms with Crippen LogP contribution in [-0.2, 0) is 0 Å². The van der Waals surface area contributed by atoms with E-state index in [4.69, 9.17) is 31.4 Å². The van der Waals surface area contributed by atoms with Gasteiger partial charge in [-0.3, -0.25) is 0 Å². The van der Waals surface area contributed by atoms with E-state index >= 15 is 0 Å². The van der Waals surface area contributed by atoms with Crippen LogP contribution in [0.2, 0.25) is 0 Å². The van der Waals surface area contributed by atoms with Crippen LogP contribution in [0.4, 0.5) is 0 Å². The lowest BCUT2D eigenvalue weighted by Crippen LogP contribution is -1.88. The fourth-order valence-electron chi connectivity index (χ4n) is 0. The number of rotatable bonds is 0. The topological polar surface area (TPSA) is 0 Å². The highest BCUT2D eigenvalue weighted by Gasteiger charge is 1.74. The molecule has 0 aliphatic rings. The summed E-state index contributed by atoms with van der Waals surface area (Å²) in [5.41, 5.74) is 0. The number of hydrogen-bond acceptors (Lipinski definition) is 0. The molecule has 4 heteroatoms. The molecule has 0 aromatic rings.